The summed E-state index contributed by atoms with van der Waals surface area (Å²) in [6, 6.07) is 11.2. The van der Waals surface area contributed by atoms with Crippen LogP contribution in [0.1, 0.15) is 31.9 Å². The third kappa shape index (κ3) is 6.95. The topological polar surface area (TPSA) is 51.2 Å². The van der Waals surface area contributed by atoms with Crippen molar-refractivity contribution in [3.63, 3.8) is 0 Å². The first-order valence-corrected chi connectivity index (χ1v) is 9.59. The fourth-order valence-electron chi connectivity index (χ4n) is 3.34. The minimum atomic E-state index is 0. The Morgan fingerprint density at radius 1 is 1.15 bits per heavy atom. The molecule has 1 atom stereocenters. The van der Waals surface area contributed by atoms with Crippen molar-refractivity contribution in [2.75, 3.05) is 53.4 Å². The van der Waals surface area contributed by atoms with Gasteiger partial charge in [0.1, 0.15) is 6.54 Å². The quantitative estimate of drug-likeness (QED) is 0.381. The highest BCUT2D eigenvalue weighted by Gasteiger charge is 2.25. The Balaban J connectivity index is 0.00000364. The molecule has 27 heavy (non-hydrogen) atoms. The molecule has 1 aromatic carbocycles. The number of nitrogens with one attached hydrogen (secondary N) is 1. The maximum Gasteiger partial charge on any atom is 0.243 e. The van der Waals surface area contributed by atoms with Gasteiger partial charge in [-0.2, -0.15) is 0 Å². The lowest BCUT2D eigenvalue weighted by Gasteiger charge is -2.40. The molecule has 0 radical (unpaired) electrons. The number of halogens is 1. The summed E-state index contributed by atoms with van der Waals surface area (Å²) in [6.45, 7) is 9.15. The van der Waals surface area contributed by atoms with Crippen LogP contribution in [0, 0.1) is 0 Å². The van der Waals surface area contributed by atoms with E-state index in [0.717, 1.165) is 45.1 Å². The molecule has 0 saturated carbocycles. The van der Waals surface area contributed by atoms with Crippen LogP contribution in [0.2, 0.25) is 0 Å². The summed E-state index contributed by atoms with van der Waals surface area (Å²) in [5.74, 6) is 0.865. The molecule has 1 amide bonds. The highest BCUT2D eigenvalue weighted by Crippen LogP contribution is 2.25. The third-order valence-electron chi connectivity index (χ3n) is 4.82. The normalized spacial score (nSPS) is 16.4. The first-order valence-electron chi connectivity index (χ1n) is 9.59. The molecule has 1 unspecified atom stereocenters. The smallest absolute Gasteiger partial charge is 0.243 e. The summed E-state index contributed by atoms with van der Waals surface area (Å²) in [5.41, 5.74) is 1.39. The molecule has 1 N–H and O–H groups in total. The number of carbonyl (C=O) groups is 1. The number of aliphatic imine (C=N–C) groups is 1. The van der Waals surface area contributed by atoms with Gasteiger partial charge in [-0.1, -0.05) is 37.3 Å². The molecule has 0 spiro atoms. The van der Waals surface area contributed by atoms with Crippen LogP contribution < -0.4 is 5.32 Å². The van der Waals surface area contributed by atoms with E-state index in [9.17, 15) is 4.79 Å². The van der Waals surface area contributed by atoms with Crippen LogP contribution in [0.5, 0.6) is 0 Å². The molecule has 0 bridgehead atoms. The Kier molecular flexibility index (Phi) is 10.7. The van der Waals surface area contributed by atoms with E-state index in [4.69, 9.17) is 0 Å². The minimum absolute atomic E-state index is 0. The van der Waals surface area contributed by atoms with Crippen LogP contribution in [0.3, 0.4) is 0 Å². The van der Waals surface area contributed by atoms with Gasteiger partial charge in [0.25, 0.3) is 0 Å². The van der Waals surface area contributed by atoms with Crippen LogP contribution in [0.25, 0.3) is 0 Å². The number of rotatable bonds is 6. The van der Waals surface area contributed by atoms with E-state index in [0.29, 0.717) is 6.04 Å². The highest BCUT2D eigenvalue weighted by molar-refractivity contribution is 14.0. The van der Waals surface area contributed by atoms with Gasteiger partial charge in [0.05, 0.1) is 0 Å². The van der Waals surface area contributed by atoms with Crippen LogP contribution in [0.15, 0.2) is 35.3 Å². The summed E-state index contributed by atoms with van der Waals surface area (Å²) in [7, 11) is 3.52. The lowest BCUT2D eigenvalue weighted by Crippen LogP contribution is -2.53. The molecule has 0 aromatic heterocycles. The summed E-state index contributed by atoms with van der Waals surface area (Å²) in [6.07, 6.45) is 1.11. The monoisotopic (exact) mass is 487 g/mol. The largest absolute Gasteiger partial charge is 0.357 e. The van der Waals surface area contributed by atoms with Crippen molar-refractivity contribution in [1.82, 2.24) is 20.0 Å². The van der Waals surface area contributed by atoms with E-state index in [1.54, 1.807) is 19.0 Å². The number of piperazine rings is 1. The molecule has 2 rings (SSSR count). The fraction of sp³-hybridized carbons (Fsp3) is 0.600. The highest BCUT2D eigenvalue weighted by atomic mass is 127. The third-order valence-corrected chi connectivity index (χ3v) is 4.82. The van der Waals surface area contributed by atoms with Crippen molar-refractivity contribution in [1.29, 1.82) is 0 Å². The zero-order chi connectivity index (χ0) is 18.9. The van der Waals surface area contributed by atoms with E-state index < -0.39 is 0 Å². The van der Waals surface area contributed by atoms with Gasteiger partial charge in [0.15, 0.2) is 5.96 Å². The fourth-order valence-corrected chi connectivity index (χ4v) is 3.34. The molecule has 152 valence electrons. The van der Waals surface area contributed by atoms with Gasteiger partial charge >= 0.3 is 0 Å². The second kappa shape index (κ2) is 12.2. The molecule has 1 fully saturated rings. The van der Waals surface area contributed by atoms with Crippen LogP contribution in [0.4, 0.5) is 0 Å². The molecule has 1 aliphatic rings. The molecular formula is C20H34IN5O. The average Bonchev–Trinajstić information content (AvgIpc) is 2.67. The number of benzene rings is 1. The van der Waals surface area contributed by atoms with Crippen molar-refractivity contribution in [3.8, 4) is 0 Å². The molecule has 6 nitrogen and oxygen atoms in total. The Morgan fingerprint density at radius 3 is 2.30 bits per heavy atom. The van der Waals surface area contributed by atoms with Crippen molar-refractivity contribution in [2.24, 2.45) is 4.99 Å². The number of nitrogens with zero attached hydrogens (tertiary/aromatic N) is 4. The maximum absolute atomic E-state index is 11.8. The number of carbonyl (C=O) groups excluding carboxylic acids is 1. The van der Waals surface area contributed by atoms with Crippen molar-refractivity contribution in [3.05, 3.63) is 35.9 Å². The van der Waals surface area contributed by atoms with Crippen molar-refractivity contribution in [2.45, 2.75) is 26.3 Å². The molecule has 0 aliphatic carbocycles. The van der Waals surface area contributed by atoms with E-state index in [2.05, 4.69) is 64.3 Å². The van der Waals surface area contributed by atoms with E-state index in [1.807, 2.05) is 0 Å². The van der Waals surface area contributed by atoms with Gasteiger partial charge in [0.2, 0.25) is 5.91 Å². The number of likely N-dealkylation sites (N-methyl/N-ethyl adjacent to an activating group) is 1. The van der Waals surface area contributed by atoms with Gasteiger partial charge in [-0.3, -0.25) is 9.69 Å². The van der Waals surface area contributed by atoms with Gasteiger partial charge < -0.3 is 15.1 Å². The van der Waals surface area contributed by atoms with E-state index >= 15 is 0 Å². The second-order valence-electron chi connectivity index (χ2n) is 6.82. The predicted octanol–water partition coefficient (Wildman–Crippen LogP) is 2.43. The molecule has 1 aliphatic heterocycles. The van der Waals surface area contributed by atoms with E-state index in [1.165, 1.54) is 5.56 Å². The number of hydrogen-bond donors (Lipinski definition) is 1. The first kappa shape index (κ1) is 23.7. The molecule has 1 saturated heterocycles. The SMILES string of the molecule is CCNC(=NCC(=O)N(C)C)N1CCN(C(CC)c2ccccc2)CC1.I. The van der Waals surface area contributed by atoms with Gasteiger partial charge in [-0.15, -0.1) is 24.0 Å². The summed E-state index contributed by atoms with van der Waals surface area (Å²) >= 11 is 0. The molecular weight excluding hydrogens is 453 g/mol. The van der Waals surface area contributed by atoms with Crippen molar-refractivity contribution >= 4 is 35.8 Å². The lowest BCUT2D eigenvalue weighted by atomic mass is 10.0. The second-order valence-corrected chi connectivity index (χ2v) is 6.82. The molecule has 1 heterocycles. The van der Waals surface area contributed by atoms with Gasteiger partial charge in [-0.25, -0.2) is 4.99 Å². The molecule has 1 aromatic rings. The zero-order valence-electron chi connectivity index (χ0n) is 17.0. The lowest BCUT2D eigenvalue weighted by molar-refractivity contribution is -0.127. The van der Waals surface area contributed by atoms with Crippen LogP contribution in [-0.2, 0) is 4.79 Å². The van der Waals surface area contributed by atoms with E-state index in [-0.39, 0.29) is 36.4 Å². The minimum Gasteiger partial charge on any atom is -0.357 e. The summed E-state index contributed by atoms with van der Waals surface area (Å²) < 4.78 is 0. The van der Waals surface area contributed by atoms with Crippen LogP contribution >= 0.6 is 24.0 Å². The Morgan fingerprint density at radius 2 is 1.78 bits per heavy atom. The van der Waals surface area contributed by atoms with Gasteiger partial charge in [-0.05, 0) is 18.9 Å². The first-order chi connectivity index (χ1) is 12.6. The van der Waals surface area contributed by atoms with Gasteiger partial charge in [0, 0.05) is 52.9 Å². The number of amides is 1. The molecule has 7 heteroatoms. The average molecular weight is 487 g/mol. The number of guanidine groups is 1. The standard InChI is InChI=1S/C20H33N5O.HI/c1-5-18(17-10-8-7-9-11-17)24-12-14-25(15-13-24)20(21-6-2)22-16-19(26)23(3)4;/h7-11,18H,5-6,12-16H2,1-4H3,(H,21,22);1H. The Labute approximate surface area is 181 Å². The Hall–Kier alpha value is -1.35. The summed E-state index contributed by atoms with van der Waals surface area (Å²) in [5, 5.41) is 3.32. The Bertz CT molecular complexity index is 585. The number of hydrogen-bond acceptors (Lipinski definition) is 3. The maximum atomic E-state index is 11.8. The zero-order valence-corrected chi connectivity index (χ0v) is 19.3. The van der Waals surface area contributed by atoms with Crippen molar-refractivity contribution < 1.29 is 4.79 Å². The van der Waals surface area contributed by atoms with Crippen LogP contribution in [-0.4, -0.2) is 79.9 Å². The predicted molar refractivity (Wildman–Crippen MR) is 123 cm³/mol. The summed E-state index contributed by atoms with van der Waals surface area (Å²) in [4.78, 5) is 22.8.